The summed E-state index contributed by atoms with van der Waals surface area (Å²) >= 11 is 0. The molecule has 15 heteroatoms. The molecule has 1 unspecified atom stereocenters. The molecule has 11 nitrogen and oxygen atoms in total. The summed E-state index contributed by atoms with van der Waals surface area (Å²) in [5.41, 5.74) is 2.19. The first-order valence-corrected chi connectivity index (χ1v) is 12.1. The summed E-state index contributed by atoms with van der Waals surface area (Å²) in [4.78, 5) is 48.4. The van der Waals surface area contributed by atoms with Gasteiger partial charge in [0.2, 0.25) is 5.91 Å². The van der Waals surface area contributed by atoms with Gasteiger partial charge in [-0.25, -0.2) is 19.0 Å². The summed E-state index contributed by atoms with van der Waals surface area (Å²) in [5.74, 6) is -4.11. The first-order valence-electron chi connectivity index (χ1n) is 12.1. The van der Waals surface area contributed by atoms with Gasteiger partial charge < -0.3 is 30.9 Å². The van der Waals surface area contributed by atoms with Crippen molar-refractivity contribution < 1.29 is 51.7 Å². The molecular weight excluding hydrogens is 568 g/mol. The van der Waals surface area contributed by atoms with Gasteiger partial charge in [0.25, 0.3) is 0 Å². The number of anilines is 1. The number of carboxylic acids is 2. The van der Waals surface area contributed by atoms with Crippen LogP contribution in [0, 0.1) is 5.82 Å². The number of pyridine rings is 1. The Balaban J connectivity index is 0.000000782. The van der Waals surface area contributed by atoms with Crippen LogP contribution in [0.25, 0.3) is 11.1 Å². The van der Waals surface area contributed by atoms with Gasteiger partial charge in [-0.15, -0.1) is 0 Å². The molecule has 2 aromatic carbocycles. The van der Waals surface area contributed by atoms with E-state index in [1.807, 2.05) is 6.07 Å². The normalized spacial score (nSPS) is 11.2. The van der Waals surface area contributed by atoms with Crippen molar-refractivity contribution in [3.8, 4) is 11.1 Å². The second-order valence-corrected chi connectivity index (χ2v) is 8.28. The number of hydrogen-bond acceptors (Lipinski definition) is 7. The average Bonchev–Trinajstić information content (AvgIpc) is 2.94. The molecule has 0 aliphatic heterocycles. The summed E-state index contributed by atoms with van der Waals surface area (Å²) in [6.45, 7) is 0.0214. The van der Waals surface area contributed by atoms with Gasteiger partial charge >= 0.3 is 24.2 Å². The summed E-state index contributed by atoms with van der Waals surface area (Å²) in [6.07, 6.45) is -4.57. The van der Waals surface area contributed by atoms with Crippen LogP contribution in [0.15, 0.2) is 72.9 Å². The SMILES string of the molecule is O=C(O)C(F)(F)F.O=C(O)CC(NC(=O)CNC(=O)OCCNc1ccccn1)c1ccc(-c2ccc(F)cc2)cc1. The predicted octanol–water partition coefficient (Wildman–Crippen LogP) is 3.99. The highest BCUT2D eigenvalue weighted by atomic mass is 19.4. The molecule has 0 saturated carbocycles. The number of carbonyl (C=O) groups excluding carboxylic acids is 2. The Morgan fingerprint density at radius 1 is 0.905 bits per heavy atom. The lowest BCUT2D eigenvalue weighted by molar-refractivity contribution is -0.192. The third-order valence-electron chi connectivity index (χ3n) is 5.15. The van der Waals surface area contributed by atoms with Crippen molar-refractivity contribution in [3.63, 3.8) is 0 Å². The summed E-state index contributed by atoms with van der Waals surface area (Å²) in [6, 6.07) is 17.5. The van der Waals surface area contributed by atoms with Gasteiger partial charge in [-0.3, -0.25) is 9.59 Å². The van der Waals surface area contributed by atoms with Gasteiger partial charge in [0.1, 0.15) is 24.8 Å². The maximum atomic E-state index is 13.1. The summed E-state index contributed by atoms with van der Waals surface area (Å²) in [7, 11) is 0. The zero-order chi connectivity index (χ0) is 31.1. The molecule has 3 aromatic rings. The molecule has 0 aliphatic carbocycles. The van der Waals surface area contributed by atoms with E-state index in [0.717, 1.165) is 11.1 Å². The van der Waals surface area contributed by atoms with Crippen molar-refractivity contribution in [3.05, 3.63) is 84.3 Å². The van der Waals surface area contributed by atoms with Crippen LogP contribution in [-0.2, 0) is 19.1 Å². The molecule has 0 fully saturated rings. The molecule has 0 saturated heterocycles. The molecule has 224 valence electrons. The minimum Gasteiger partial charge on any atom is -0.481 e. The van der Waals surface area contributed by atoms with E-state index in [9.17, 15) is 37.1 Å². The number of ether oxygens (including phenoxy) is 1. The third-order valence-corrected chi connectivity index (χ3v) is 5.15. The fourth-order valence-corrected chi connectivity index (χ4v) is 3.22. The molecule has 1 heterocycles. The molecular formula is C27H26F4N4O7. The number of alkyl carbamates (subject to hydrolysis) is 1. The van der Waals surface area contributed by atoms with Crippen molar-refractivity contribution >= 4 is 29.8 Å². The quantitative estimate of drug-likeness (QED) is 0.163. The average molecular weight is 595 g/mol. The van der Waals surface area contributed by atoms with E-state index in [4.69, 9.17) is 14.6 Å². The first kappa shape index (κ1) is 33.0. The molecule has 1 atom stereocenters. The second-order valence-electron chi connectivity index (χ2n) is 8.28. The number of rotatable bonds is 11. The second kappa shape index (κ2) is 16.2. The number of hydrogen-bond donors (Lipinski definition) is 5. The molecule has 0 bridgehead atoms. The smallest absolute Gasteiger partial charge is 0.481 e. The maximum Gasteiger partial charge on any atom is 0.490 e. The Labute approximate surface area is 236 Å². The Kier molecular flexibility index (Phi) is 12.7. The van der Waals surface area contributed by atoms with E-state index in [1.165, 1.54) is 12.1 Å². The molecule has 5 N–H and O–H groups in total. The van der Waals surface area contributed by atoms with Crippen molar-refractivity contribution in [2.75, 3.05) is 25.0 Å². The molecule has 1 aromatic heterocycles. The van der Waals surface area contributed by atoms with Crippen molar-refractivity contribution in [2.24, 2.45) is 0 Å². The van der Waals surface area contributed by atoms with Crippen LogP contribution in [0.5, 0.6) is 0 Å². The zero-order valence-electron chi connectivity index (χ0n) is 21.7. The highest BCUT2D eigenvalue weighted by Gasteiger charge is 2.38. The molecule has 0 aliphatic rings. The lowest BCUT2D eigenvalue weighted by Crippen LogP contribution is -2.39. The number of alkyl halides is 3. The summed E-state index contributed by atoms with van der Waals surface area (Å²) < 4.78 is 49.9. The van der Waals surface area contributed by atoms with Gasteiger partial charge in [-0.1, -0.05) is 42.5 Å². The van der Waals surface area contributed by atoms with Crippen LogP contribution in [0.1, 0.15) is 18.0 Å². The number of aliphatic carboxylic acids is 2. The van der Waals surface area contributed by atoms with Crippen LogP contribution >= 0.6 is 0 Å². The van der Waals surface area contributed by atoms with E-state index in [1.54, 1.807) is 54.7 Å². The molecule has 2 amide bonds. The van der Waals surface area contributed by atoms with Gasteiger partial charge in [0.15, 0.2) is 0 Å². The number of amides is 2. The van der Waals surface area contributed by atoms with Crippen molar-refractivity contribution in [1.29, 1.82) is 0 Å². The monoisotopic (exact) mass is 594 g/mol. The fraction of sp³-hybridized carbons (Fsp3) is 0.222. The van der Waals surface area contributed by atoms with Crippen LogP contribution < -0.4 is 16.0 Å². The van der Waals surface area contributed by atoms with Crippen LogP contribution in [0.4, 0.5) is 28.2 Å². The highest BCUT2D eigenvalue weighted by Crippen LogP contribution is 2.24. The number of nitrogens with one attached hydrogen (secondary N) is 3. The molecule has 0 spiro atoms. The van der Waals surface area contributed by atoms with Crippen LogP contribution in [0.3, 0.4) is 0 Å². The maximum absolute atomic E-state index is 13.1. The molecule has 42 heavy (non-hydrogen) atoms. The lowest BCUT2D eigenvalue weighted by atomic mass is 9.99. The highest BCUT2D eigenvalue weighted by molar-refractivity contribution is 5.83. The van der Waals surface area contributed by atoms with Crippen molar-refractivity contribution in [1.82, 2.24) is 15.6 Å². The largest absolute Gasteiger partial charge is 0.490 e. The van der Waals surface area contributed by atoms with E-state index in [0.29, 0.717) is 17.9 Å². The Hall–Kier alpha value is -5.21. The summed E-state index contributed by atoms with van der Waals surface area (Å²) in [5, 5.41) is 24.3. The van der Waals surface area contributed by atoms with Gasteiger partial charge in [0, 0.05) is 6.20 Å². The van der Waals surface area contributed by atoms with Crippen LogP contribution in [-0.4, -0.2) is 65.0 Å². The van der Waals surface area contributed by atoms with E-state index in [2.05, 4.69) is 20.9 Å². The van der Waals surface area contributed by atoms with E-state index in [-0.39, 0.29) is 25.4 Å². The Morgan fingerprint density at radius 2 is 1.50 bits per heavy atom. The number of carboxylic acid groups (broad SMARTS) is 2. The van der Waals surface area contributed by atoms with Gasteiger partial charge in [-0.2, -0.15) is 13.2 Å². The standard InChI is InChI=1S/C25H25FN4O5.C2HF3O2/c26-20-10-8-18(9-11-20)17-4-6-19(7-5-17)21(15-24(32)33)30-23(31)16-29-25(34)35-14-13-28-22-3-1-2-12-27-22;3-2(4,5)1(6)7/h1-12,21H,13-16H2,(H,27,28)(H,29,34)(H,30,31)(H,32,33);(H,6,7). The fourth-order valence-electron chi connectivity index (χ4n) is 3.22. The van der Waals surface area contributed by atoms with Crippen molar-refractivity contribution in [2.45, 2.75) is 18.6 Å². The third kappa shape index (κ3) is 12.3. The topological polar surface area (TPSA) is 167 Å². The van der Waals surface area contributed by atoms with Crippen LogP contribution in [0.2, 0.25) is 0 Å². The molecule has 3 rings (SSSR count). The lowest BCUT2D eigenvalue weighted by Gasteiger charge is -2.18. The minimum atomic E-state index is -5.08. The number of carbonyl (C=O) groups is 4. The van der Waals surface area contributed by atoms with E-state index >= 15 is 0 Å². The van der Waals surface area contributed by atoms with E-state index < -0.39 is 36.2 Å². The predicted molar refractivity (Wildman–Crippen MR) is 141 cm³/mol. The number of nitrogens with zero attached hydrogens (tertiary/aromatic N) is 1. The Morgan fingerprint density at radius 3 is 2.02 bits per heavy atom. The minimum absolute atomic E-state index is 0.0616. The first-order chi connectivity index (χ1) is 19.8. The number of benzene rings is 2. The number of halogens is 4. The zero-order valence-corrected chi connectivity index (χ0v) is 21.7. The number of aromatic nitrogens is 1. The molecule has 0 radical (unpaired) electrons. The van der Waals surface area contributed by atoms with Gasteiger partial charge in [-0.05, 0) is 41.0 Å². The van der Waals surface area contributed by atoms with Gasteiger partial charge in [0.05, 0.1) is 19.0 Å². The Bertz CT molecular complexity index is 1320.